The molecule has 0 radical (unpaired) electrons. The fourth-order valence-corrected chi connectivity index (χ4v) is 3.39. The summed E-state index contributed by atoms with van der Waals surface area (Å²) in [6.07, 6.45) is 1.86. The van der Waals surface area contributed by atoms with Crippen LogP contribution in [-0.4, -0.2) is 53.2 Å². The molecule has 120 valence electrons. The van der Waals surface area contributed by atoms with Gasteiger partial charge in [0.05, 0.1) is 17.8 Å². The Kier molecular flexibility index (Phi) is 3.30. The number of piperazine rings is 1. The molecular formula is C16H16ClN3O3. The van der Waals surface area contributed by atoms with Crippen LogP contribution in [0.5, 0.6) is 0 Å². The first-order chi connectivity index (χ1) is 11.0. The lowest BCUT2D eigenvalue weighted by Gasteiger charge is -2.39. The first-order valence-corrected chi connectivity index (χ1v) is 8.12. The molecule has 2 fully saturated rings. The number of benzene rings is 1. The van der Waals surface area contributed by atoms with E-state index in [0.29, 0.717) is 29.4 Å². The third-order valence-electron chi connectivity index (χ3n) is 4.65. The van der Waals surface area contributed by atoms with Gasteiger partial charge in [-0.1, -0.05) is 11.6 Å². The van der Waals surface area contributed by atoms with Crippen LogP contribution in [0.25, 0.3) is 0 Å². The standard InChI is InChI=1S/C16H16ClN3O3/c17-10-3-4-11-12(7-10)18-14(21)13-8-19(15(22)9-1-2-9)5-6-20(13)16(11)23/h3-4,7,9,13H,1-2,5-6,8H2,(H,18,21)/t13-/m1/s1. The molecule has 2 heterocycles. The van der Waals surface area contributed by atoms with E-state index < -0.39 is 6.04 Å². The molecule has 1 N–H and O–H groups in total. The molecule has 0 unspecified atom stereocenters. The van der Waals surface area contributed by atoms with Crippen molar-refractivity contribution in [1.29, 1.82) is 0 Å². The topological polar surface area (TPSA) is 69.7 Å². The Morgan fingerprint density at radius 2 is 2.00 bits per heavy atom. The molecule has 0 aromatic heterocycles. The van der Waals surface area contributed by atoms with Gasteiger partial charge in [-0.05, 0) is 31.0 Å². The highest BCUT2D eigenvalue weighted by Crippen LogP contribution is 2.33. The molecule has 1 saturated carbocycles. The monoisotopic (exact) mass is 333 g/mol. The number of hydrogen-bond acceptors (Lipinski definition) is 3. The van der Waals surface area contributed by atoms with Gasteiger partial charge in [0.2, 0.25) is 11.8 Å². The van der Waals surface area contributed by atoms with Crippen molar-refractivity contribution in [1.82, 2.24) is 9.80 Å². The Bertz CT molecular complexity index is 717. The van der Waals surface area contributed by atoms with Gasteiger partial charge < -0.3 is 15.1 Å². The van der Waals surface area contributed by atoms with E-state index in [1.165, 1.54) is 0 Å². The Morgan fingerprint density at radius 3 is 2.74 bits per heavy atom. The van der Waals surface area contributed by atoms with E-state index in [4.69, 9.17) is 11.6 Å². The summed E-state index contributed by atoms with van der Waals surface area (Å²) in [5.74, 6) is -0.247. The van der Waals surface area contributed by atoms with Gasteiger partial charge in [-0.25, -0.2) is 0 Å². The second kappa shape index (κ2) is 5.23. The zero-order valence-electron chi connectivity index (χ0n) is 12.4. The Balaban J connectivity index is 1.63. The highest BCUT2D eigenvalue weighted by atomic mass is 35.5. The molecular weight excluding hydrogens is 318 g/mol. The van der Waals surface area contributed by atoms with Gasteiger partial charge in [-0.3, -0.25) is 14.4 Å². The summed E-state index contributed by atoms with van der Waals surface area (Å²) in [6.45, 7) is 1.11. The lowest BCUT2D eigenvalue weighted by molar-refractivity contribution is -0.136. The van der Waals surface area contributed by atoms with Crippen molar-refractivity contribution >= 4 is 35.0 Å². The van der Waals surface area contributed by atoms with E-state index in [9.17, 15) is 14.4 Å². The van der Waals surface area contributed by atoms with E-state index in [1.807, 2.05) is 0 Å². The third kappa shape index (κ3) is 2.47. The van der Waals surface area contributed by atoms with Gasteiger partial charge in [-0.2, -0.15) is 0 Å². The molecule has 23 heavy (non-hydrogen) atoms. The first-order valence-electron chi connectivity index (χ1n) is 7.75. The molecule has 1 aromatic rings. The lowest BCUT2D eigenvalue weighted by Crippen LogP contribution is -2.59. The van der Waals surface area contributed by atoms with Crippen LogP contribution >= 0.6 is 11.6 Å². The maximum absolute atomic E-state index is 12.7. The fraction of sp³-hybridized carbons (Fsp3) is 0.438. The van der Waals surface area contributed by atoms with Crippen molar-refractivity contribution in [2.24, 2.45) is 5.92 Å². The van der Waals surface area contributed by atoms with Crippen molar-refractivity contribution in [3.63, 3.8) is 0 Å². The average molecular weight is 334 g/mol. The Labute approximate surface area is 138 Å². The van der Waals surface area contributed by atoms with Gasteiger partial charge in [0.1, 0.15) is 6.04 Å². The molecule has 1 atom stereocenters. The van der Waals surface area contributed by atoms with Crippen molar-refractivity contribution in [3.8, 4) is 0 Å². The number of nitrogens with zero attached hydrogens (tertiary/aromatic N) is 2. The molecule has 6 nitrogen and oxygen atoms in total. The second-order valence-electron chi connectivity index (χ2n) is 6.25. The smallest absolute Gasteiger partial charge is 0.256 e. The maximum atomic E-state index is 12.7. The van der Waals surface area contributed by atoms with Gasteiger partial charge in [0.25, 0.3) is 5.91 Å². The average Bonchev–Trinajstić information content (AvgIpc) is 3.38. The van der Waals surface area contributed by atoms with E-state index in [-0.39, 0.29) is 30.2 Å². The summed E-state index contributed by atoms with van der Waals surface area (Å²) in [7, 11) is 0. The van der Waals surface area contributed by atoms with E-state index >= 15 is 0 Å². The predicted molar refractivity (Wildman–Crippen MR) is 84.2 cm³/mol. The minimum Gasteiger partial charge on any atom is -0.338 e. The highest BCUT2D eigenvalue weighted by Gasteiger charge is 2.42. The van der Waals surface area contributed by atoms with Crippen LogP contribution in [0.4, 0.5) is 5.69 Å². The summed E-state index contributed by atoms with van der Waals surface area (Å²) in [5, 5.41) is 3.23. The lowest BCUT2D eigenvalue weighted by atomic mass is 10.1. The molecule has 3 aliphatic rings. The number of anilines is 1. The molecule has 1 saturated heterocycles. The normalized spacial score (nSPS) is 23.8. The molecule has 0 spiro atoms. The zero-order chi connectivity index (χ0) is 16.1. The van der Waals surface area contributed by atoms with Crippen LogP contribution < -0.4 is 5.32 Å². The van der Waals surface area contributed by atoms with Crippen LogP contribution in [0.3, 0.4) is 0 Å². The van der Waals surface area contributed by atoms with Crippen molar-refractivity contribution < 1.29 is 14.4 Å². The van der Waals surface area contributed by atoms with Crippen molar-refractivity contribution in [2.45, 2.75) is 18.9 Å². The number of carbonyl (C=O) groups is 3. The van der Waals surface area contributed by atoms with Crippen LogP contribution in [0.2, 0.25) is 5.02 Å². The number of fused-ring (bicyclic) bond motifs is 2. The first kappa shape index (κ1) is 14.5. The third-order valence-corrected chi connectivity index (χ3v) is 4.89. The summed E-state index contributed by atoms with van der Waals surface area (Å²) in [4.78, 5) is 40.8. The van der Waals surface area contributed by atoms with Crippen molar-refractivity contribution in [2.75, 3.05) is 25.0 Å². The summed E-state index contributed by atoms with van der Waals surface area (Å²) in [5.41, 5.74) is 0.870. The number of carbonyl (C=O) groups excluding carboxylic acids is 3. The van der Waals surface area contributed by atoms with Crippen LogP contribution in [-0.2, 0) is 9.59 Å². The number of nitrogens with one attached hydrogen (secondary N) is 1. The Hall–Kier alpha value is -2.08. The zero-order valence-corrected chi connectivity index (χ0v) is 13.2. The number of amides is 3. The van der Waals surface area contributed by atoms with Crippen LogP contribution in [0.1, 0.15) is 23.2 Å². The quantitative estimate of drug-likeness (QED) is 0.843. The summed E-state index contributed by atoms with van der Waals surface area (Å²) in [6, 6.07) is 4.20. The van der Waals surface area contributed by atoms with Crippen molar-refractivity contribution in [3.05, 3.63) is 28.8 Å². The number of halogens is 1. The Morgan fingerprint density at radius 1 is 1.22 bits per heavy atom. The van der Waals surface area contributed by atoms with E-state index in [0.717, 1.165) is 12.8 Å². The second-order valence-corrected chi connectivity index (χ2v) is 6.69. The largest absolute Gasteiger partial charge is 0.338 e. The van der Waals surface area contributed by atoms with Crippen LogP contribution in [0.15, 0.2) is 18.2 Å². The highest BCUT2D eigenvalue weighted by molar-refractivity contribution is 6.31. The minimum atomic E-state index is -0.648. The molecule has 0 bridgehead atoms. The van der Waals surface area contributed by atoms with Crippen LogP contribution in [0, 0.1) is 5.92 Å². The molecule has 4 rings (SSSR count). The van der Waals surface area contributed by atoms with E-state index in [1.54, 1.807) is 28.0 Å². The van der Waals surface area contributed by atoms with Gasteiger partial charge in [0.15, 0.2) is 0 Å². The summed E-state index contributed by atoms with van der Waals surface area (Å²) < 4.78 is 0. The molecule has 1 aromatic carbocycles. The molecule has 7 heteroatoms. The summed E-state index contributed by atoms with van der Waals surface area (Å²) >= 11 is 5.96. The van der Waals surface area contributed by atoms with Gasteiger partial charge >= 0.3 is 0 Å². The SMILES string of the molecule is O=C1Nc2cc(Cl)ccc2C(=O)N2CCN(C(=O)C3CC3)C[C@H]12. The number of hydrogen-bond donors (Lipinski definition) is 1. The fourth-order valence-electron chi connectivity index (χ4n) is 3.22. The number of rotatable bonds is 1. The predicted octanol–water partition coefficient (Wildman–Crippen LogP) is 1.36. The molecule has 3 amide bonds. The van der Waals surface area contributed by atoms with Gasteiger partial charge in [0, 0.05) is 24.0 Å². The van der Waals surface area contributed by atoms with E-state index in [2.05, 4.69) is 5.32 Å². The molecule has 1 aliphatic carbocycles. The minimum absolute atomic E-state index is 0.106. The molecule has 2 aliphatic heterocycles. The maximum Gasteiger partial charge on any atom is 0.256 e. The van der Waals surface area contributed by atoms with Gasteiger partial charge in [-0.15, -0.1) is 0 Å².